The van der Waals surface area contributed by atoms with Crippen molar-refractivity contribution in [2.24, 2.45) is 0 Å². The maximum atomic E-state index is 12.0. The van der Waals surface area contributed by atoms with Crippen LogP contribution < -0.4 is 0 Å². The number of hydrogen-bond donors (Lipinski definition) is 0. The molecule has 3 rings (SSSR count). The molecule has 0 bridgehead atoms. The van der Waals surface area contributed by atoms with Gasteiger partial charge in [0.1, 0.15) is 0 Å². The second-order valence-electron chi connectivity index (χ2n) is 18.0. The van der Waals surface area contributed by atoms with Crippen molar-refractivity contribution >= 4 is 11.4 Å². The van der Waals surface area contributed by atoms with Gasteiger partial charge in [0.2, 0.25) is 11.4 Å². The minimum Gasteiger partial charge on any atom is -0.493 e. The second-order valence-corrected chi connectivity index (χ2v) is 18.0. The van der Waals surface area contributed by atoms with Crippen molar-refractivity contribution in [3.8, 4) is 0 Å². The van der Waals surface area contributed by atoms with E-state index in [2.05, 4.69) is 76.2 Å². The Kier molecular flexibility index (Phi) is 27.8. The van der Waals surface area contributed by atoms with Crippen LogP contribution in [0.2, 0.25) is 0 Å². The van der Waals surface area contributed by atoms with E-state index in [4.69, 9.17) is 0 Å². The molecule has 0 amide bonds. The van der Waals surface area contributed by atoms with Crippen LogP contribution in [0.4, 0.5) is 0 Å². The molecule has 0 unspecified atom stereocenters. The van der Waals surface area contributed by atoms with Crippen molar-refractivity contribution in [2.45, 2.75) is 252 Å². The van der Waals surface area contributed by atoms with E-state index in [1.54, 1.807) is 4.70 Å². The molecule has 0 aromatic heterocycles. The third kappa shape index (κ3) is 20.4. The lowest BCUT2D eigenvalue weighted by atomic mass is 9.91. The predicted octanol–water partition coefficient (Wildman–Crippen LogP) is 19.0. The summed E-state index contributed by atoms with van der Waals surface area (Å²) in [6.07, 6.45) is 47.6. The van der Waals surface area contributed by atoms with Gasteiger partial charge >= 0.3 is 0 Å². The van der Waals surface area contributed by atoms with Crippen molar-refractivity contribution in [1.29, 1.82) is 0 Å². The second kappa shape index (κ2) is 32.4. The summed E-state index contributed by atoms with van der Waals surface area (Å²) in [5, 5.41) is 0. The lowest BCUT2D eigenvalue weighted by Gasteiger charge is -2.11. The summed E-state index contributed by atoms with van der Waals surface area (Å²) in [6.45, 7) is 9.03. The van der Waals surface area contributed by atoms with Gasteiger partial charge in [-0.2, -0.15) is 0 Å². The fourth-order valence-electron chi connectivity index (χ4n) is 9.10. The number of unbranched alkanes of at least 4 members (excludes halogenated alkanes) is 29. The number of benzene rings is 2. The highest BCUT2D eigenvalue weighted by Crippen LogP contribution is 2.44. The molecule has 0 atom stereocenters. The number of rotatable bonds is 37. The molecule has 1 heterocycles. The summed E-state index contributed by atoms with van der Waals surface area (Å²) in [6, 6.07) is 17.9. The molecule has 2 nitrogen and oxygen atoms in total. The molecule has 0 N–H and O–H groups in total. The van der Waals surface area contributed by atoms with Gasteiger partial charge in [-0.15, -0.1) is 0 Å². The molecule has 2 aromatic rings. The summed E-state index contributed by atoms with van der Waals surface area (Å²) in [4.78, 5) is 0. The van der Waals surface area contributed by atoms with Gasteiger partial charge in [0.25, 0.3) is 0 Å². The zero-order valence-corrected chi connectivity index (χ0v) is 38.3. The minimum atomic E-state index is 1.01. The Morgan fingerprint density at radius 2 is 0.719 bits per heavy atom. The minimum absolute atomic E-state index is 1.01. The highest BCUT2D eigenvalue weighted by molar-refractivity contribution is 5.82. The first-order chi connectivity index (χ1) is 28.1. The van der Waals surface area contributed by atoms with Crippen LogP contribution in [0.5, 0.6) is 0 Å². The van der Waals surface area contributed by atoms with Gasteiger partial charge in [-0.05, 0) is 75.3 Å². The Bertz CT molecular complexity index is 1380. The molecule has 0 spiro atoms. The van der Waals surface area contributed by atoms with Gasteiger partial charge in [0.05, 0.1) is 0 Å². The van der Waals surface area contributed by atoms with Crippen molar-refractivity contribution in [1.82, 2.24) is 0 Å². The van der Waals surface area contributed by atoms with Gasteiger partial charge in [-0.3, -0.25) is 0 Å². The zero-order valence-electron chi connectivity index (χ0n) is 38.3. The maximum Gasteiger partial charge on any atom is 0.211 e. The van der Waals surface area contributed by atoms with Crippen LogP contribution in [0.15, 0.2) is 59.7 Å². The first-order valence-corrected chi connectivity index (χ1v) is 25.2. The van der Waals surface area contributed by atoms with Crippen LogP contribution in [0.3, 0.4) is 0 Å². The van der Waals surface area contributed by atoms with Crippen molar-refractivity contribution in [3.63, 3.8) is 0 Å². The van der Waals surface area contributed by atoms with Crippen molar-refractivity contribution in [2.75, 3.05) is 0 Å². The van der Waals surface area contributed by atoms with E-state index in [1.807, 2.05) is 0 Å². The molecule has 1 aliphatic heterocycles. The fraction of sp³-hybridized carbons (Fsp3) is 0.709. The molecular formula is C55H90N2. The molecule has 1 aliphatic rings. The van der Waals surface area contributed by atoms with E-state index in [1.165, 1.54) is 220 Å². The van der Waals surface area contributed by atoms with E-state index >= 15 is 0 Å². The molecule has 0 fully saturated rings. The van der Waals surface area contributed by atoms with Crippen LogP contribution in [-0.4, -0.2) is 4.70 Å². The number of hydrogen-bond acceptors (Lipinski definition) is 0. The summed E-state index contributed by atoms with van der Waals surface area (Å²) in [5.74, 6) is 0. The molecule has 2 aromatic carbocycles. The predicted molar refractivity (Wildman–Crippen MR) is 253 cm³/mol. The van der Waals surface area contributed by atoms with Crippen molar-refractivity contribution in [3.05, 3.63) is 87.5 Å². The average Bonchev–Trinajstić information content (AvgIpc) is 3.50. The highest BCUT2D eigenvalue weighted by atomic mass is 15.2. The lowest BCUT2D eigenvalue weighted by molar-refractivity contribution is -0.345. The van der Waals surface area contributed by atoms with E-state index in [0.717, 1.165) is 49.1 Å². The Hall–Kier alpha value is -2.48. The Labute approximate surface area is 354 Å². The monoisotopic (exact) mass is 779 g/mol. The third-order valence-electron chi connectivity index (χ3n) is 12.8. The first kappa shape index (κ1) is 48.9. The van der Waals surface area contributed by atoms with Crippen LogP contribution in [-0.2, 0) is 6.42 Å². The van der Waals surface area contributed by atoms with Gasteiger partial charge < -0.3 is 5.53 Å². The normalized spacial score (nSPS) is 13.2. The first-order valence-electron chi connectivity index (χ1n) is 25.2. The molecule has 320 valence electrons. The average molecular weight is 779 g/mol. The third-order valence-corrected chi connectivity index (χ3v) is 12.8. The van der Waals surface area contributed by atoms with Gasteiger partial charge in [-0.25, -0.2) is 4.70 Å². The maximum absolute atomic E-state index is 12.0. The van der Waals surface area contributed by atoms with E-state index in [0.29, 0.717) is 0 Å². The summed E-state index contributed by atoms with van der Waals surface area (Å²) < 4.78 is 1.57. The fourth-order valence-corrected chi connectivity index (χ4v) is 9.10. The van der Waals surface area contributed by atoms with Crippen molar-refractivity contribution < 1.29 is 4.70 Å². The van der Waals surface area contributed by atoms with Crippen LogP contribution in [0.25, 0.3) is 16.9 Å². The molecule has 2 heteroatoms. The number of aryl methyl sites for hydroxylation is 2. The van der Waals surface area contributed by atoms with Gasteiger partial charge in [-0.1, -0.05) is 237 Å². The number of allylic oxidation sites excluding steroid dienone is 2. The zero-order chi connectivity index (χ0) is 40.6. The van der Waals surface area contributed by atoms with E-state index < -0.39 is 0 Å². The Balaban J connectivity index is 1.33. The van der Waals surface area contributed by atoms with E-state index in [9.17, 15) is 5.53 Å². The quantitative estimate of drug-likeness (QED) is 0.0482. The Morgan fingerprint density at radius 1 is 0.368 bits per heavy atom. The van der Waals surface area contributed by atoms with Gasteiger partial charge in [0.15, 0.2) is 0 Å². The SMILES string of the molecule is CCCCCCCCCCCCCCCCCCCCCCCCCCc1cccc(C2=C(CCCC)C(CCCCCCCC)=C(c3ccc(C)cc3)[N+]2=[N-])c1. The smallest absolute Gasteiger partial charge is 0.211 e. The van der Waals surface area contributed by atoms with E-state index in [-0.39, 0.29) is 0 Å². The summed E-state index contributed by atoms with van der Waals surface area (Å²) in [5.41, 5.74) is 21.8. The molecule has 0 radical (unpaired) electrons. The van der Waals surface area contributed by atoms with Crippen LogP contribution >= 0.6 is 0 Å². The molecule has 0 saturated carbocycles. The van der Waals surface area contributed by atoms with Crippen LogP contribution in [0, 0.1) is 6.92 Å². The summed E-state index contributed by atoms with van der Waals surface area (Å²) in [7, 11) is 0. The standard InChI is InChI=1S/C55H90N2/c1-5-8-11-13-15-16-17-18-19-20-21-22-23-24-25-26-27-28-29-30-31-32-33-35-38-49-39-37-40-51(47-49)55-52(41-10-7-3)53(42-36-34-14-12-9-6-2)54(57(55)56)50-45-43-48(4)44-46-50/h37,39-40,43-47H,5-36,38,41-42H2,1-4H3. The molecular weight excluding hydrogens is 689 g/mol. The van der Waals surface area contributed by atoms with Gasteiger partial charge in [0, 0.05) is 22.3 Å². The lowest BCUT2D eigenvalue weighted by Crippen LogP contribution is -2.03. The molecule has 0 aliphatic carbocycles. The molecule has 0 saturated heterocycles. The highest BCUT2D eigenvalue weighted by Gasteiger charge is 2.35. The topological polar surface area (TPSA) is 25.3 Å². The summed E-state index contributed by atoms with van der Waals surface area (Å²) >= 11 is 0. The largest absolute Gasteiger partial charge is 0.493 e. The Morgan fingerprint density at radius 3 is 1.14 bits per heavy atom. The number of nitrogens with zero attached hydrogens (tertiary/aromatic N) is 2. The molecule has 57 heavy (non-hydrogen) atoms. The van der Waals surface area contributed by atoms with Crippen LogP contribution in [0.1, 0.15) is 261 Å².